The Labute approximate surface area is 187 Å². The first-order valence-electron chi connectivity index (χ1n) is 9.52. The number of carbonyl (C=O) groups excluding carboxylic acids is 1. The van der Waals surface area contributed by atoms with Gasteiger partial charge in [0.25, 0.3) is 0 Å². The summed E-state index contributed by atoms with van der Waals surface area (Å²) in [6.45, 7) is 3.33. The number of halogens is 2. The smallest absolute Gasteiger partial charge is 0.387 e. The van der Waals surface area contributed by atoms with Crippen molar-refractivity contribution in [3.63, 3.8) is 0 Å². The number of hydrogen-bond acceptors (Lipinski definition) is 7. The number of benzene rings is 1. The van der Waals surface area contributed by atoms with E-state index in [4.69, 9.17) is 9.15 Å². The monoisotopic (exact) mass is 464 g/mol. The number of alkyl halides is 2. The number of ether oxygens (including phenoxy) is 2. The number of aryl methyl sites for hydroxylation is 1. The third-order valence-corrected chi connectivity index (χ3v) is 5.36. The van der Waals surface area contributed by atoms with E-state index in [0.717, 1.165) is 11.3 Å². The molecule has 0 atom stereocenters. The maximum Gasteiger partial charge on any atom is 0.387 e. The van der Waals surface area contributed by atoms with E-state index in [2.05, 4.69) is 26.8 Å². The first-order chi connectivity index (χ1) is 15.4. The predicted molar refractivity (Wildman–Crippen MR) is 115 cm³/mol. The maximum atomic E-state index is 12.4. The van der Waals surface area contributed by atoms with Crippen LogP contribution >= 0.6 is 11.8 Å². The van der Waals surface area contributed by atoms with Crippen LogP contribution in [0, 0.1) is 6.92 Å². The lowest BCUT2D eigenvalue weighted by Crippen LogP contribution is -2.24. The topological polar surface area (TPSA) is 91.4 Å². The third-order valence-electron chi connectivity index (χ3n) is 4.39. The highest BCUT2D eigenvalue weighted by molar-refractivity contribution is 7.99. The molecule has 1 amide bonds. The van der Waals surface area contributed by atoms with E-state index in [1.807, 2.05) is 17.6 Å². The molecule has 3 aromatic rings. The zero-order valence-corrected chi connectivity index (χ0v) is 18.3. The van der Waals surface area contributed by atoms with Gasteiger partial charge in [0.1, 0.15) is 5.76 Å². The van der Waals surface area contributed by atoms with E-state index in [1.54, 1.807) is 18.4 Å². The number of allylic oxidation sites excluding steroid dienone is 1. The van der Waals surface area contributed by atoms with Gasteiger partial charge < -0.3 is 19.2 Å². The fourth-order valence-corrected chi connectivity index (χ4v) is 3.68. The fraction of sp³-hybridized carbons (Fsp3) is 0.286. The van der Waals surface area contributed by atoms with Gasteiger partial charge in [0.15, 0.2) is 22.5 Å². The summed E-state index contributed by atoms with van der Waals surface area (Å²) in [4.78, 5) is 12.3. The summed E-state index contributed by atoms with van der Waals surface area (Å²) >= 11 is 1.24. The molecule has 32 heavy (non-hydrogen) atoms. The van der Waals surface area contributed by atoms with Gasteiger partial charge >= 0.3 is 6.61 Å². The van der Waals surface area contributed by atoms with Crippen molar-refractivity contribution in [2.75, 3.05) is 12.9 Å². The van der Waals surface area contributed by atoms with Crippen molar-refractivity contribution in [3.05, 3.63) is 54.5 Å². The van der Waals surface area contributed by atoms with Gasteiger partial charge in [-0.3, -0.25) is 9.36 Å². The molecular weight excluding hydrogens is 442 g/mol. The molecule has 0 saturated heterocycles. The minimum absolute atomic E-state index is 0.0710. The number of hydrogen-bond donors (Lipinski definition) is 1. The Hall–Kier alpha value is -3.34. The summed E-state index contributed by atoms with van der Waals surface area (Å²) < 4.78 is 41.5. The number of carbonyl (C=O) groups is 1. The Kier molecular flexibility index (Phi) is 7.87. The number of aromatic nitrogens is 3. The van der Waals surface area contributed by atoms with Gasteiger partial charge in [-0.05, 0) is 30.7 Å². The van der Waals surface area contributed by atoms with Crippen LogP contribution in [0.3, 0.4) is 0 Å². The molecule has 0 saturated carbocycles. The molecule has 0 aliphatic heterocycles. The van der Waals surface area contributed by atoms with Crippen LogP contribution in [0.1, 0.15) is 11.3 Å². The lowest BCUT2D eigenvalue weighted by Gasteiger charge is -2.12. The SMILES string of the molecule is C=CCn1c(SCC(=O)NCc2ccc(OC(F)F)c(OC)c2)nnc1-c1ccoc1C. The molecule has 8 nitrogen and oxygen atoms in total. The van der Waals surface area contributed by atoms with Crippen LogP contribution in [0.15, 0.2) is 52.8 Å². The summed E-state index contributed by atoms with van der Waals surface area (Å²) in [6, 6.07) is 6.30. The molecule has 0 radical (unpaired) electrons. The molecule has 0 aliphatic carbocycles. The van der Waals surface area contributed by atoms with Gasteiger partial charge in [0.05, 0.1) is 24.7 Å². The Morgan fingerprint density at radius 1 is 1.34 bits per heavy atom. The second-order valence-corrected chi connectivity index (χ2v) is 7.47. The highest BCUT2D eigenvalue weighted by Crippen LogP contribution is 2.30. The van der Waals surface area contributed by atoms with Crippen molar-refractivity contribution >= 4 is 17.7 Å². The van der Waals surface area contributed by atoms with E-state index < -0.39 is 6.61 Å². The van der Waals surface area contributed by atoms with Crippen LogP contribution in [0.2, 0.25) is 0 Å². The Bertz CT molecular complexity index is 1080. The second-order valence-electron chi connectivity index (χ2n) is 6.53. The quantitative estimate of drug-likeness (QED) is 0.338. The van der Waals surface area contributed by atoms with Crippen LogP contribution in [0.5, 0.6) is 11.5 Å². The minimum atomic E-state index is -2.95. The molecule has 2 aromatic heterocycles. The molecule has 11 heteroatoms. The number of furan rings is 1. The summed E-state index contributed by atoms with van der Waals surface area (Å²) in [5, 5.41) is 11.8. The fourth-order valence-electron chi connectivity index (χ4n) is 2.90. The number of nitrogens with zero attached hydrogens (tertiary/aromatic N) is 3. The van der Waals surface area contributed by atoms with Crippen LogP contribution < -0.4 is 14.8 Å². The Morgan fingerprint density at radius 3 is 2.81 bits per heavy atom. The van der Waals surface area contributed by atoms with Crippen molar-refractivity contribution in [3.8, 4) is 22.9 Å². The molecular formula is C21H22F2N4O4S. The van der Waals surface area contributed by atoms with Gasteiger partial charge in [-0.25, -0.2) is 0 Å². The summed E-state index contributed by atoms with van der Waals surface area (Å²) in [6.07, 6.45) is 3.31. The number of nitrogens with one attached hydrogen (secondary N) is 1. The largest absolute Gasteiger partial charge is 0.493 e. The lowest BCUT2D eigenvalue weighted by atomic mass is 10.2. The molecule has 0 unspecified atom stereocenters. The first kappa shape index (κ1) is 23.3. The van der Waals surface area contributed by atoms with Crippen LogP contribution in [-0.2, 0) is 17.9 Å². The summed E-state index contributed by atoms with van der Waals surface area (Å²) in [5.41, 5.74) is 1.50. The predicted octanol–water partition coefficient (Wildman–Crippen LogP) is 4.05. The second kappa shape index (κ2) is 10.8. The standard InChI is InChI=1S/C21H22F2N4O4S/c1-4-8-27-19(15-7-9-30-13(15)2)25-26-21(27)32-12-18(28)24-11-14-5-6-16(31-20(22)23)17(10-14)29-3/h4-7,9-10,20H,1,8,11-12H2,2-3H3,(H,24,28). The molecule has 0 fully saturated rings. The molecule has 0 bridgehead atoms. The molecule has 1 aromatic carbocycles. The highest BCUT2D eigenvalue weighted by atomic mass is 32.2. The van der Waals surface area contributed by atoms with Gasteiger partial charge in [-0.1, -0.05) is 23.9 Å². The summed E-state index contributed by atoms with van der Waals surface area (Å²) in [7, 11) is 1.35. The van der Waals surface area contributed by atoms with Crippen molar-refractivity contribution < 1.29 is 27.5 Å². The summed E-state index contributed by atoms with van der Waals surface area (Å²) in [5.74, 6) is 1.33. The number of methoxy groups -OCH3 is 1. The zero-order valence-electron chi connectivity index (χ0n) is 17.5. The lowest BCUT2D eigenvalue weighted by molar-refractivity contribution is -0.118. The normalized spacial score (nSPS) is 10.9. The van der Waals surface area contributed by atoms with E-state index in [0.29, 0.717) is 23.1 Å². The first-order valence-corrected chi connectivity index (χ1v) is 10.5. The van der Waals surface area contributed by atoms with Crippen LogP contribution in [-0.4, -0.2) is 40.1 Å². The molecule has 3 rings (SSSR count). The van der Waals surface area contributed by atoms with Crippen molar-refractivity contribution in [1.82, 2.24) is 20.1 Å². The number of thioether (sulfide) groups is 1. The molecule has 170 valence electrons. The zero-order chi connectivity index (χ0) is 23.1. The van der Waals surface area contributed by atoms with Crippen molar-refractivity contribution in [2.45, 2.75) is 31.8 Å². The number of rotatable bonds is 11. The molecule has 0 aliphatic rings. The highest BCUT2D eigenvalue weighted by Gasteiger charge is 2.18. The van der Waals surface area contributed by atoms with Gasteiger partial charge in [0, 0.05) is 13.1 Å². The van der Waals surface area contributed by atoms with Crippen molar-refractivity contribution in [1.29, 1.82) is 0 Å². The third kappa shape index (κ3) is 5.67. The van der Waals surface area contributed by atoms with Crippen molar-refractivity contribution in [2.24, 2.45) is 0 Å². The number of amides is 1. The van der Waals surface area contributed by atoms with Gasteiger partial charge in [-0.15, -0.1) is 16.8 Å². The minimum Gasteiger partial charge on any atom is -0.493 e. The molecule has 2 heterocycles. The van der Waals surface area contributed by atoms with E-state index in [-0.39, 0.29) is 29.7 Å². The Balaban J connectivity index is 1.60. The molecule has 0 spiro atoms. The van der Waals surface area contributed by atoms with Crippen LogP contribution in [0.4, 0.5) is 8.78 Å². The average Bonchev–Trinajstić information content (AvgIpc) is 3.36. The van der Waals surface area contributed by atoms with Gasteiger partial charge in [-0.2, -0.15) is 8.78 Å². The average molecular weight is 464 g/mol. The van der Waals surface area contributed by atoms with E-state index in [1.165, 1.54) is 31.0 Å². The molecule has 1 N–H and O–H groups in total. The van der Waals surface area contributed by atoms with E-state index >= 15 is 0 Å². The maximum absolute atomic E-state index is 12.4. The Morgan fingerprint density at radius 2 is 2.16 bits per heavy atom. The van der Waals surface area contributed by atoms with Crippen LogP contribution in [0.25, 0.3) is 11.4 Å². The van der Waals surface area contributed by atoms with Gasteiger partial charge in [0.2, 0.25) is 5.91 Å². The van der Waals surface area contributed by atoms with E-state index in [9.17, 15) is 13.6 Å².